The van der Waals surface area contributed by atoms with Crippen molar-refractivity contribution in [1.29, 1.82) is 0 Å². The minimum atomic E-state index is -0.733. The number of terminal acetylenes is 1. The third-order valence-corrected chi connectivity index (χ3v) is 2.42. The van der Waals surface area contributed by atoms with Crippen LogP contribution < -0.4 is 5.32 Å². The molecule has 0 aromatic heterocycles. The fourth-order valence-electron chi connectivity index (χ4n) is 1.38. The van der Waals surface area contributed by atoms with Crippen molar-refractivity contribution in [3.63, 3.8) is 0 Å². The van der Waals surface area contributed by atoms with Crippen LogP contribution in [0.3, 0.4) is 0 Å². The summed E-state index contributed by atoms with van der Waals surface area (Å²) in [4.78, 5) is 33.9. The molecule has 0 fully saturated rings. The van der Waals surface area contributed by atoms with E-state index >= 15 is 0 Å². The number of unbranched alkanes of at least 4 members (excludes halogenated alkanes) is 1. The quantitative estimate of drug-likeness (QED) is 0.392. The van der Waals surface area contributed by atoms with Gasteiger partial charge in [-0.3, -0.25) is 9.59 Å². The summed E-state index contributed by atoms with van der Waals surface area (Å²) in [6, 6.07) is -0.733. The minimum Gasteiger partial charge on any atom is -0.469 e. The first-order valence-electron chi connectivity index (χ1n) is 5.92. The van der Waals surface area contributed by atoms with Gasteiger partial charge in [-0.25, -0.2) is 4.79 Å². The van der Waals surface area contributed by atoms with E-state index in [0.717, 1.165) is 0 Å². The van der Waals surface area contributed by atoms with E-state index in [1.807, 2.05) is 0 Å². The number of amides is 1. The lowest BCUT2D eigenvalue weighted by Gasteiger charge is -2.15. The molecule has 0 aliphatic carbocycles. The first-order chi connectivity index (χ1) is 9.04. The van der Waals surface area contributed by atoms with Crippen molar-refractivity contribution in [3.05, 3.63) is 0 Å². The van der Waals surface area contributed by atoms with Gasteiger partial charge in [0, 0.05) is 12.8 Å². The number of esters is 2. The van der Waals surface area contributed by atoms with Crippen molar-refractivity contribution in [2.45, 2.75) is 38.1 Å². The first kappa shape index (κ1) is 17.0. The van der Waals surface area contributed by atoms with E-state index in [0.29, 0.717) is 19.3 Å². The summed E-state index contributed by atoms with van der Waals surface area (Å²) < 4.78 is 9.01. The molecule has 1 N–H and O–H groups in total. The molecule has 0 rings (SSSR count). The molecule has 0 radical (unpaired) electrons. The molecule has 0 bridgehead atoms. The monoisotopic (exact) mass is 269 g/mol. The molecule has 0 aliphatic rings. The lowest BCUT2D eigenvalue weighted by molar-refractivity contribution is -0.145. The maximum atomic E-state index is 11.6. The van der Waals surface area contributed by atoms with Gasteiger partial charge >= 0.3 is 11.9 Å². The molecule has 0 saturated heterocycles. The standard InChI is InChI=1S/C13H19NO5/c1-4-5-6-7-10(13(17)19-3)14-11(15)8-9-12(16)18-2/h1,10H,5-9H2,2-3H3,(H,14,15)/t10-/m1/s1. The van der Waals surface area contributed by atoms with Crippen LogP contribution >= 0.6 is 0 Å². The zero-order valence-corrected chi connectivity index (χ0v) is 11.2. The van der Waals surface area contributed by atoms with Crippen LogP contribution in [0.4, 0.5) is 0 Å². The number of nitrogens with one attached hydrogen (secondary N) is 1. The van der Waals surface area contributed by atoms with Gasteiger partial charge in [0.2, 0.25) is 5.91 Å². The number of carbonyl (C=O) groups is 3. The van der Waals surface area contributed by atoms with Crippen LogP contribution in [-0.2, 0) is 23.9 Å². The molecule has 6 heteroatoms. The van der Waals surface area contributed by atoms with Gasteiger partial charge in [-0.05, 0) is 12.8 Å². The summed E-state index contributed by atoms with van der Waals surface area (Å²) in [6.07, 6.45) is 6.58. The smallest absolute Gasteiger partial charge is 0.328 e. The molecule has 0 saturated carbocycles. The van der Waals surface area contributed by atoms with Gasteiger partial charge in [-0.15, -0.1) is 12.3 Å². The highest BCUT2D eigenvalue weighted by Gasteiger charge is 2.21. The maximum Gasteiger partial charge on any atom is 0.328 e. The van der Waals surface area contributed by atoms with Gasteiger partial charge in [0.1, 0.15) is 6.04 Å². The van der Waals surface area contributed by atoms with E-state index in [4.69, 9.17) is 6.42 Å². The summed E-state index contributed by atoms with van der Waals surface area (Å²) in [5, 5.41) is 2.52. The Hall–Kier alpha value is -2.03. The van der Waals surface area contributed by atoms with Gasteiger partial charge in [0.05, 0.1) is 20.6 Å². The SMILES string of the molecule is C#CCCC[C@@H](NC(=O)CCC(=O)OC)C(=O)OC. The highest BCUT2D eigenvalue weighted by atomic mass is 16.5. The van der Waals surface area contributed by atoms with Crippen molar-refractivity contribution in [2.24, 2.45) is 0 Å². The second-order valence-electron chi connectivity index (χ2n) is 3.82. The molecule has 0 heterocycles. The van der Waals surface area contributed by atoms with Gasteiger partial charge in [0.25, 0.3) is 0 Å². The van der Waals surface area contributed by atoms with E-state index in [-0.39, 0.29) is 12.8 Å². The molecule has 1 amide bonds. The molecule has 106 valence electrons. The van der Waals surface area contributed by atoms with Crippen molar-refractivity contribution in [3.8, 4) is 12.3 Å². The second kappa shape index (κ2) is 9.95. The first-order valence-corrected chi connectivity index (χ1v) is 5.92. The summed E-state index contributed by atoms with van der Waals surface area (Å²) in [7, 11) is 2.49. The Bertz CT molecular complexity index is 359. The number of methoxy groups -OCH3 is 2. The van der Waals surface area contributed by atoms with Gasteiger partial charge in [0.15, 0.2) is 0 Å². The Kier molecular flexibility index (Phi) is 8.88. The van der Waals surface area contributed by atoms with Crippen LogP contribution in [0.15, 0.2) is 0 Å². The zero-order chi connectivity index (χ0) is 14.7. The van der Waals surface area contributed by atoms with E-state index in [9.17, 15) is 14.4 Å². The summed E-state index contributed by atoms with van der Waals surface area (Å²) >= 11 is 0. The minimum absolute atomic E-state index is 0.0272. The lowest BCUT2D eigenvalue weighted by atomic mass is 10.1. The predicted octanol–water partition coefficient (Wildman–Crippen LogP) is 0.401. The number of carbonyl (C=O) groups excluding carboxylic acids is 3. The van der Waals surface area contributed by atoms with Crippen LogP contribution in [0.1, 0.15) is 32.1 Å². The van der Waals surface area contributed by atoms with Crippen LogP contribution in [0, 0.1) is 12.3 Å². The van der Waals surface area contributed by atoms with Gasteiger partial charge in [-0.1, -0.05) is 0 Å². The highest BCUT2D eigenvalue weighted by Crippen LogP contribution is 2.03. The molecule has 0 aromatic rings. The molecule has 19 heavy (non-hydrogen) atoms. The molecule has 0 aromatic carbocycles. The van der Waals surface area contributed by atoms with Gasteiger partial charge < -0.3 is 14.8 Å². The zero-order valence-electron chi connectivity index (χ0n) is 11.2. The maximum absolute atomic E-state index is 11.6. The molecular formula is C13H19NO5. The van der Waals surface area contributed by atoms with Crippen LogP contribution in [0.2, 0.25) is 0 Å². The third-order valence-electron chi connectivity index (χ3n) is 2.42. The van der Waals surface area contributed by atoms with E-state index in [2.05, 4.69) is 20.7 Å². The third kappa shape index (κ3) is 7.82. The fraction of sp³-hybridized carbons (Fsp3) is 0.615. The molecule has 0 unspecified atom stereocenters. The topological polar surface area (TPSA) is 81.7 Å². The summed E-state index contributed by atoms with van der Waals surface area (Å²) in [5.41, 5.74) is 0. The predicted molar refractivity (Wildman–Crippen MR) is 67.9 cm³/mol. The molecule has 0 spiro atoms. The number of hydrogen-bond acceptors (Lipinski definition) is 5. The van der Waals surface area contributed by atoms with Crippen LogP contribution in [-0.4, -0.2) is 38.1 Å². The molecule has 1 atom stereocenters. The van der Waals surface area contributed by atoms with Crippen LogP contribution in [0.5, 0.6) is 0 Å². The lowest BCUT2D eigenvalue weighted by Crippen LogP contribution is -2.41. The number of hydrogen-bond donors (Lipinski definition) is 1. The van der Waals surface area contributed by atoms with Crippen molar-refractivity contribution in [1.82, 2.24) is 5.32 Å². The Morgan fingerprint density at radius 1 is 1.21 bits per heavy atom. The normalized spacial score (nSPS) is 11.0. The highest BCUT2D eigenvalue weighted by molar-refractivity contribution is 5.86. The van der Waals surface area contributed by atoms with E-state index in [1.165, 1.54) is 14.2 Å². The Morgan fingerprint density at radius 2 is 1.89 bits per heavy atom. The number of rotatable bonds is 8. The summed E-state index contributed by atoms with van der Waals surface area (Å²) in [5.74, 6) is 1.05. The van der Waals surface area contributed by atoms with E-state index < -0.39 is 23.9 Å². The molecule has 0 aliphatic heterocycles. The van der Waals surface area contributed by atoms with Crippen molar-refractivity contribution < 1.29 is 23.9 Å². The molecular weight excluding hydrogens is 250 g/mol. The Balaban J connectivity index is 4.23. The van der Waals surface area contributed by atoms with Crippen LogP contribution in [0.25, 0.3) is 0 Å². The Morgan fingerprint density at radius 3 is 2.42 bits per heavy atom. The van der Waals surface area contributed by atoms with E-state index in [1.54, 1.807) is 0 Å². The van der Waals surface area contributed by atoms with Crippen molar-refractivity contribution >= 4 is 17.8 Å². The fourth-order valence-corrected chi connectivity index (χ4v) is 1.38. The molecule has 6 nitrogen and oxygen atoms in total. The van der Waals surface area contributed by atoms with Gasteiger partial charge in [-0.2, -0.15) is 0 Å². The van der Waals surface area contributed by atoms with Crippen molar-refractivity contribution in [2.75, 3.05) is 14.2 Å². The average molecular weight is 269 g/mol. The number of ether oxygens (including phenoxy) is 2. The second-order valence-corrected chi connectivity index (χ2v) is 3.82. The average Bonchev–Trinajstić information content (AvgIpc) is 2.42. The Labute approximate surface area is 112 Å². The summed E-state index contributed by atoms with van der Waals surface area (Å²) in [6.45, 7) is 0. The largest absolute Gasteiger partial charge is 0.469 e.